The van der Waals surface area contributed by atoms with Crippen LogP contribution in [-0.4, -0.2) is 25.1 Å². The average Bonchev–Trinajstić information content (AvgIpc) is 2.93. The number of hydrogen-bond donors (Lipinski definition) is 2. The monoisotopic (exact) mass is 299 g/mol. The Balaban J connectivity index is 1.96. The van der Waals surface area contributed by atoms with E-state index >= 15 is 0 Å². The van der Waals surface area contributed by atoms with Crippen molar-refractivity contribution in [3.8, 4) is 11.5 Å². The fourth-order valence-electron chi connectivity index (χ4n) is 2.37. The lowest BCUT2D eigenvalue weighted by Crippen LogP contribution is -2.36. The van der Waals surface area contributed by atoms with Crippen LogP contribution < -0.4 is 14.8 Å². The number of aliphatic hydroxyl groups excluding tert-OH is 1. The van der Waals surface area contributed by atoms with Crippen LogP contribution in [0.2, 0.25) is 5.02 Å². The molecule has 5 heteroatoms. The molecule has 0 radical (unpaired) electrons. The highest BCUT2D eigenvalue weighted by Crippen LogP contribution is 2.39. The molecule has 0 atom stereocenters. The summed E-state index contributed by atoms with van der Waals surface area (Å²) < 4.78 is 10.6. The summed E-state index contributed by atoms with van der Waals surface area (Å²) in [6.07, 6.45) is 1.91. The van der Waals surface area contributed by atoms with Gasteiger partial charge in [0.05, 0.1) is 5.02 Å². The molecule has 1 aromatic carbocycles. The van der Waals surface area contributed by atoms with Gasteiger partial charge in [0.1, 0.15) is 0 Å². The van der Waals surface area contributed by atoms with Crippen LogP contribution in [-0.2, 0) is 6.54 Å². The number of benzene rings is 1. The second-order valence-electron chi connectivity index (χ2n) is 5.28. The van der Waals surface area contributed by atoms with Crippen molar-refractivity contribution in [2.24, 2.45) is 5.41 Å². The van der Waals surface area contributed by atoms with E-state index in [1.54, 1.807) is 0 Å². The molecule has 2 rings (SSSR count). The van der Waals surface area contributed by atoms with Crippen molar-refractivity contribution in [1.29, 1.82) is 0 Å². The molecule has 0 saturated carbocycles. The molecular formula is C15H22ClNO3. The van der Waals surface area contributed by atoms with Gasteiger partial charge in [0.2, 0.25) is 6.79 Å². The Labute approximate surface area is 125 Å². The molecule has 0 fully saturated rings. The van der Waals surface area contributed by atoms with Crippen molar-refractivity contribution in [3.63, 3.8) is 0 Å². The Hall–Kier alpha value is -0.970. The third-order valence-electron chi connectivity index (χ3n) is 4.15. The minimum Gasteiger partial charge on any atom is -0.454 e. The van der Waals surface area contributed by atoms with E-state index < -0.39 is 0 Å². The van der Waals surface area contributed by atoms with Crippen molar-refractivity contribution in [1.82, 2.24) is 5.32 Å². The Morgan fingerprint density at radius 1 is 1.30 bits per heavy atom. The van der Waals surface area contributed by atoms with Crippen molar-refractivity contribution in [3.05, 3.63) is 22.7 Å². The molecule has 1 aliphatic heterocycles. The predicted octanol–water partition coefficient (Wildman–Crippen LogP) is 2.96. The third kappa shape index (κ3) is 3.19. The number of ether oxygens (including phenoxy) is 2. The first-order valence-electron chi connectivity index (χ1n) is 7.03. The largest absolute Gasteiger partial charge is 0.454 e. The van der Waals surface area contributed by atoms with Crippen LogP contribution in [0.25, 0.3) is 0 Å². The van der Waals surface area contributed by atoms with Crippen LogP contribution in [0, 0.1) is 5.41 Å². The van der Waals surface area contributed by atoms with Crippen LogP contribution in [0.15, 0.2) is 12.1 Å². The molecule has 1 heterocycles. The Kier molecular flexibility index (Phi) is 5.13. The summed E-state index contributed by atoms with van der Waals surface area (Å²) in [7, 11) is 0. The van der Waals surface area contributed by atoms with E-state index in [2.05, 4.69) is 19.2 Å². The Bertz CT molecular complexity index is 452. The van der Waals surface area contributed by atoms with Gasteiger partial charge in [-0.05, 0) is 30.5 Å². The summed E-state index contributed by atoms with van der Waals surface area (Å²) in [5.74, 6) is 1.33. The summed E-state index contributed by atoms with van der Waals surface area (Å²) in [6, 6.07) is 3.83. The summed E-state index contributed by atoms with van der Waals surface area (Å²) in [5, 5.41) is 13.5. The number of halogens is 1. The molecule has 0 amide bonds. The van der Waals surface area contributed by atoms with Crippen molar-refractivity contribution in [2.75, 3.05) is 19.9 Å². The van der Waals surface area contributed by atoms with E-state index in [9.17, 15) is 5.11 Å². The molecule has 2 N–H and O–H groups in total. The topological polar surface area (TPSA) is 50.7 Å². The molecular weight excluding hydrogens is 278 g/mol. The molecule has 1 aromatic rings. The highest BCUT2D eigenvalue weighted by atomic mass is 35.5. The number of aliphatic hydroxyl groups is 1. The lowest BCUT2D eigenvalue weighted by Gasteiger charge is -2.29. The third-order valence-corrected chi connectivity index (χ3v) is 4.43. The van der Waals surface area contributed by atoms with Gasteiger partial charge < -0.3 is 19.9 Å². The standard InChI is InChI=1S/C15H22ClNO3/c1-3-15(4-2,9-18)8-17-7-11-5-12(16)14-13(6-11)19-10-20-14/h5-6,17-18H,3-4,7-10H2,1-2H3. The number of rotatable bonds is 7. The molecule has 4 nitrogen and oxygen atoms in total. The van der Waals surface area contributed by atoms with Gasteiger partial charge >= 0.3 is 0 Å². The van der Waals surface area contributed by atoms with Crippen molar-refractivity contribution >= 4 is 11.6 Å². The van der Waals surface area contributed by atoms with Gasteiger partial charge in [-0.25, -0.2) is 0 Å². The molecule has 0 aromatic heterocycles. The molecule has 0 unspecified atom stereocenters. The highest BCUT2D eigenvalue weighted by Gasteiger charge is 2.24. The van der Waals surface area contributed by atoms with Crippen LogP contribution in [0.5, 0.6) is 11.5 Å². The first kappa shape index (κ1) is 15.4. The molecule has 112 valence electrons. The first-order valence-corrected chi connectivity index (χ1v) is 7.41. The number of hydrogen-bond acceptors (Lipinski definition) is 4. The first-order chi connectivity index (χ1) is 9.64. The summed E-state index contributed by atoms with van der Waals surface area (Å²) in [6.45, 7) is 6.12. The Morgan fingerprint density at radius 2 is 2.05 bits per heavy atom. The fourth-order valence-corrected chi connectivity index (χ4v) is 2.66. The second-order valence-corrected chi connectivity index (χ2v) is 5.69. The van der Waals surface area contributed by atoms with E-state index in [0.29, 0.717) is 23.1 Å². The summed E-state index contributed by atoms with van der Waals surface area (Å²) >= 11 is 6.15. The van der Waals surface area contributed by atoms with E-state index in [1.165, 1.54) is 0 Å². The SMILES string of the molecule is CCC(CC)(CO)CNCc1cc(Cl)c2c(c1)OCO2. The van der Waals surface area contributed by atoms with Crippen molar-refractivity contribution < 1.29 is 14.6 Å². The lowest BCUT2D eigenvalue weighted by molar-refractivity contribution is 0.113. The summed E-state index contributed by atoms with van der Waals surface area (Å²) in [4.78, 5) is 0. The molecule has 20 heavy (non-hydrogen) atoms. The van der Waals surface area contributed by atoms with Crippen LogP contribution >= 0.6 is 11.6 Å². The zero-order valence-electron chi connectivity index (χ0n) is 12.0. The van der Waals surface area contributed by atoms with E-state index in [-0.39, 0.29) is 18.8 Å². The van der Waals surface area contributed by atoms with Gasteiger partial charge in [0.15, 0.2) is 11.5 Å². The van der Waals surface area contributed by atoms with E-state index in [0.717, 1.165) is 24.9 Å². The van der Waals surface area contributed by atoms with Crippen molar-refractivity contribution in [2.45, 2.75) is 33.2 Å². The lowest BCUT2D eigenvalue weighted by atomic mass is 9.83. The van der Waals surface area contributed by atoms with Crippen LogP contribution in [0.3, 0.4) is 0 Å². The molecule has 1 aliphatic rings. The smallest absolute Gasteiger partial charge is 0.231 e. The quantitative estimate of drug-likeness (QED) is 0.813. The minimum atomic E-state index is -0.0415. The Morgan fingerprint density at radius 3 is 2.70 bits per heavy atom. The fraction of sp³-hybridized carbons (Fsp3) is 0.600. The molecule has 0 aliphatic carbocycles. The molecule has 0 bridgehead atoms. The van der Waals surface area contributed by atoms with Gasteiger partial charge in [0, 0.05) is 25.1 Å². The van der Waals surface area contributed by atoms with Gasteiger partial charge in [0.25, 0.3) is 0 Å². The molecule has 0 saturated heterocycles. The predicted molar refractivity (Wildman–Crippen MR) is 79.4 cm³/mol. The highest BCUT2D eigenvalue weighted by molar-refractivity contribution is 6.32. The van der Waals surface area contributed by atoms with Crippen LogP contribution in [0.4, 0.5) is 0 Å². The summed E-state index contributed by atoms with van der Waals surface area (Å²) in [5.41, 5.74) is 1.01. The van der Waals surface area contributed by atoms with Gasteiger partial charge in [-0.3, -0.25) is 0 Å². The maximum atomic E-state index is 9.55. The van der Waals surface area contributed by atoms with Gasteiger partial charge in [-0.15, -0.1) is 0 Å². The minimum absolute atomic E-state index is 0.0415. The zero-order chi connectivity index (χ0) is 14.6. The van der Waals surface area contributed by atoms with E-state index in [1.807, 2.05) is 12.1 Å². The second kappa shape index (κ2) is 6.66. The zero-order valence-corrected chi connectivity index (χ0v) is 12.8. The van der Waals surface area contributed by atoms with E-state index in [4.69, 9.17) is 21.1 Å². The molecule has 0 spiro atoms. The van der Waals surface area contributed by atoms with Gasteiger partial charge in [-0.2, -0.15) is 0 Å². The maximum absolute atomic E-state index is 9.55. The van der Waals surface area contributed by atoms with Gasteiger partial charge in [-0.1, -0.05) is 25.4 Å². The average molecular weight is 300 g/mol. The number of fused-ring (bicyclic) bond motifs is 1. The van der Waals surface area contributed by atoms with Crippen LogP contribution in [0.1, 0.15) is 32.3 Å². The maximum Gasteiger partial charge on any atom is 0.231 e. The normalized spacial score (nSPS) is 13.8. The number of nitrogens with one attached hydrogen (secondary N) is 1.